The molecule has 12 nitrogen and oxygen atoms in total. The van der Waals surface area contributed by atoms with Gasteiger partial charge in [-0.15, -0.1) is 0 Å². The summed E-state index contributed by atoms with van der Waals surface area (Å²) in [6, 6.07) is 3.38. The minimum Gasteiger partial charge on any atom is -0.467 e. The monoisotopic (exact) mass is 481 g/mol. The number of fused-ring (bicyclic) bond motifs is 6. The zero-order valence-corrected chi connectivity index (χ0v) is 19.7. The van der Waals surface area contributed by atoms with E-state index in [1.807, 2.05) is 19.9 Å². The number of nitrogens with one attached hydrogen (secondary N) is 1. The van der Waals surface area contributed by atoms with Gasteiger partial charge in [0.15, 0.2) is 13.1 Å². The quantitative estimate of drug-likeness (QED) is 0.267. The highest BCUT2D eigenvalue weighted by Gasteiger charge is 2.68. The van der Waals surface area contributed by atoms with Crippen LogP contribution in [0.3, 0.4) is 0 Å². The molecule has 0 aliphatic carbocycles. The Balaban J connectivity index is 1.87. The Bertz CT molecular complexity index is 923. The van der Waals surface area contributed by atoms with Gasteiger partial charge in [-0.1, -0.05) is 0 Å². The van der Waals surface area contributed by atoms with Crippen molar-refractivity contribution in [2.75, 3.05) is 45.3 Å². The molecule has 2 saturated heterocycles. The molecule has 1 aromatic rings. The zero-order valence-electron chi connectivity index (χ0n) is 19.7. The van der Waals surface area contributed by atoms with Crippen molar-refractivity contribution in [3.8, 4) is 5.75 Å². The van der Waals surface area contributed by atoms with Crippen LogP contribution in [0, 0.1) is 0 Å². The van der Waals surface area contributed by atoms with Gasteiger partial charge in [-0.25, -0.2) is 14.7 Å². The second-order valence-electron chi connectivity index (χ2n) is 8.15. The second-order valence-corrected chi connectivity index (χ2v) is 8.15. The largest absolute Gasteiger partial charge is 0.467 e. The van der Waals surface area contributed by atoms with Crippen molar-refractivity contribution in [2.24, 2.45) is 5.73 Å². The van der Waals surface area contributed by atoms with E-state index in [1.54, 1.807) is 11.1 Å². The minimum atomic E-state index is -1.46. The average molecular weight is 482 g/mol. The van der Waals surface area contributed by atoms with Crippen LogP contribution in [0.5, 0.6) is 5.75 Å². The number of rotatable bonds is 11. The maximum atomic E-state index is 12.1. The first-order valence-corrected chi connectivity index (χ1v) is 11.2. The standard InChI is InChI=1S/C22H31N3O9/c1-5-29-20(30-6-2)13-7-16-18(17(8-13)32-11-28-4)14(10-31-21(23)27)22(33-12(3)26)19-15(24-19)9-25(16)34-22/h7-8,14-15,19-20,24H,5-6,9-11H2,1-4H3,(H2,23,27)/t14-,15-,19-,22+/m0/s1. The lowest BCUT2D eigenvalue weighted by molar-refractivity contribution is -0.263. The molecule has 34 heavy (non-hydrogen) atoms. The Morgan fingerprint density at radius 1 is 1.29 bits per heavy atom. The molecule has 0 unspecified atom stereocenters. The van der Waals surface area contributed by atoms with Crippen molar-refractivity contribution in [1.82, 2.24) is 5.32 Å². The van der Waals surface area contributed by atoms with Crippen LogP contribution in [0.15, 0.2) is 12.1 Å². The van der Waals surface area contributed by atoms with Gasteiger partial charge in [0.25, 0.3) is 5.79 Å². The maximum absolute atomic E-state index is 12.1. The van der Waals surface area contributed by atoms with Crippen LogP contribution in [-0.4, -0.2) is 70.2 Å². The number of methoxy groups -OCH3 is 1. The molecular weight excluding hydrogens is 450 g/mol. The van der Waals surface area contributed by atoms with E-state index in [1.165, 1.54) is 14.0 Å². The first-order valence-electron chi connectivity index (χ1n) is 11.2. The van der Waals surface area contributed by atoms with Gasteiger partial charge >= 0.3 is 12.1 Å². The van der Waals surface area contributed by atoms with Crippen LogP contribution in [0.4, 0.5) is 10.5 Å². The van der Waals surface area contributed by atoms with Crippen LogP contribution in [-0.2, 0) is 33.3 Å². The lowest BCUT2D eigenvalue weighted by atomic mass is 9.82. The lowest BCUT2D eigenvalue weighted by Gasteiger charge is -2.49. The molecule has 1 amide bonds. The van der Waals surface area contributed by atoms with Crippen LogP contribution < -0.4 is 20.9 Å². The average Bonchev–Trinajstić information content (AvgIpc) is 3.57. The summed E-state index contributed by atoms with van der Waals surface area (Å²) in [5.74, 6) is -2.30. The van der Waals surface area contributed by atoms with Crippen molar-refractivity contribution < 1.29 is 42.8 Å². The maximum Gasteiger partial charge on any atom is 0.404 e. The van der Waals surface area contributed by atoms with Gasteiger partial charge in [-0.05, 0) is 26.0 Å². The topological polar surface area (TPSA) is 150 Å². The molecule has 0 radical (unpaired) electrons. The van der Waals surface area contributed by atoms with Crippen LogP contribution >= 0.6 is 0 Å². The molecule has 2 bridgehead atoms. The van der Waals surface area contributed by atoms with E-state index in [9.17, 15) is 9.59 Å². The SMILES string of the molecule is CCOC(OCC)c1cc(OCOC)c2c(c1)N1C[C@@H]3N[C@@H]3[C@](OC(C)=O)(O1)[C@H]2COC(N)=O. The van der Waals surface area contributed by atoms with Gasteiger partial charge in [0.2, 0.25) is 0 Å². The molecule has 3 N–H and O–H groups in total. The number of carbonyl (C=O) groups excluding carboxylic acids is 2. The third kappa shape index (κ3) is 4.51. The summed E-state index contributed by atoms with van der Waals surface area (Å²) in [6.45, 7) is 6.20. The van der Waals surface area contributed by atoms with E-state index in [0.717, 1.165) is 0 Å². The lowest BCUT2D eigenvalue weighted by Crippen LogP contribution is -2.61. The van der Waals surface area contributed by atoms with Crippen molar-refractivity contribution in [1.29, 1.82) is 0 Å². The number of primary amides is 1. The van der Waals surface area contributed by atoms with E-state index in [0.29, 0.717) is 42.3 Å². The number of ether oxygens (including phenoxy) is 6. The molecule has 4 atom stereocenters. The smallest absolute Gasteiger partial charge is 0.404 e. The molecule has 0 saturated carbocycles. The van der Waals surface area contributed by atoms with Gasteiger partial charge in [0, 0.05) is 44.4 Å². The van der Waals surface area contributed by atoms with E-state index in [2.05, 4.69) is 5.32 Å². The van der Waals surface area contributed by atoms with Gasteiger partial charge in [0.05, 0.1) is 24.2 Å². The summed E-state index contributed by atoms with van der Waals surface area (Å²) < 4.78 is 33.7. The summed E-state index contributed by atoms with van der Waals surface area (Å²) in [5, 5.41) is 4.98. The third-order valence-corrected chi connectivity index (χ3v) is 5.92. The van der Waals surface area contributed by atoms with Crippen molar-refractivity contribution >= 4 is 17.7 Å². The predicted molar refractivity (Wildman–Crippen MR) is 117 cm³/mol. The Hall–Kier alpha value is -2.64. The summed E-state index contributed by atoms with van der Waals surface area (Å²) >= 11 is 0. The van der Waals surface area contributed by atoms with E-state index < -0.39 is 30.1 Å². The number of hydrogen-bond acceptors (Lipinski definition) is 11. The zero-order chi connectivity index (χ0) is 24.5. The molecule has 0 spiro atoms. The van der Waals surface area contributed by atoms with E-state index in [-0.39, 0.29) is 25.5 Å². The normalized spacial score (nSPS) is 26.5. The number of anilines is 1. The molecule has 0 aromatic heterocycles. The van der Waals surface area contributed by atoms with Gasteiger partial charge in [-0.2, -0.15) is 0 Å². The Morgan fingerprint density at radius 2 is 2.03 bits per heavy atom. The highest BCUT2D eigenvalue weighted by Crippen LogP contribution is 2.55. The number of hydrogen-bond donors (Lipinski definition) is 2. The van der Waals surface area contributed by atoms with Gasteiger partial charge in [-0.3, -0.25) is 4.79 Å². The van der Waals surface area contributed by atoms with Gasteiger partial charge < -0.3 is 39.5 Å². The van der Waals surface area contributed by atoms with E-state index in [4.69, 9.17) is 39.0 Å². The van der Waals surface area contributed by atoms with Gasteiger partial charge in [0.1, 0.15) is 12.4 Å². The fourth-order valence-electron chi connectivity index (χ4n) is 4.66. The molecule has 3 heterocycles. The molecule has 188 valence electrons. The summed E-state index contributed by atoms with van der Waals surface area (Å²) in [5.41, 5.74) is 7.27. The van der Waals surface area contributed by atoms with Crippen LogP contribution in [0.2, 0.25) is 0 Å². The number of carbonyl (C=O) groups is 2. The van der Waals surface area contributed by atoms with E-state index >= 15 is 0 Å². The minimum absolute atomic E-state index is 0.0129. The summed E-state index contributed by atoms with van der Waals surface area (Å²) in [6.07, 6.45) is -1.59. The number of esters is 1. The third-order valence-electron chi connectivity index (χ3n) is 5.92. The van der Waals surface area contributed by atoms with Crippen molar-refractivity contribution in [3.05, 3.63) is 23.3 Å². The highest BCUT2D eigenvalue weighted by atomic mass is 16.8. The number of hydroxylamine groups is 1. The molecule has 3 aliphatic rings. The Kier molecular flexibility index (Phi) is 7.14. The first-order chi connectivity index (χ1) is 16.3. The predicted octanol–water partition coefficient (Wildman–Crippen LogP) is 1.28. The molecule has 3 aliphatic heterocycles. The summed E-state index contributed by atoms with van der Waals surface area (Å²) in [4.78, 5) is 30.0. The van der Waals surface area contributed by atoms with Crippen molar-refractivity contribution in [2.45, 2.75) is 50.8 Å². The Morgan fingerprint density at radius 3 is 2.65 bits per heavy atom. The molecule has 4 rings (SSSR count). The van der Waals surface area contributed by atoms with Crippen molar-refractivity contribution in [3.63, 3.8) is 0 Å². The summed E-state index contributed by atoms with van der Waals surface area (Å²) in [7, 11) is 1.51. The number of benzene rings is 1. The number of nitrogens with zero attached hydrogens (tertiary/aromatic N) is 1. The first kappa shape index (κ1) is 24.5. The molecule has 12 heteroatoms. The number of amides is 1. The fraction of sp³-hybridized carbons (Fsp3) is 0.636. The molecular formula is C22H31N3O9. The number of nitrogens with two attached hydrogens (primary N) is 1. The molecule has 1 aromatic carbocycles. The second kappa shape index (κ2) is 9.92. The Labute approximate surface area is 197 Å². The van der Waals surface area contributed by atoms with Crippen LogP contribution in [0.1, 0.15) is 44.1 Å². The highest BCUT2D eigenvalue weighted by molar-refractivity contribution is 5.70. The fourth-order valence-corrected chi connectivity index (χ4v) is 4.66. The molecule has 2 fully saturated rings. The van der Waals surface area contributed by atoms with Crippen LogP contribution in [0.25, 0.3) is 0 Å².